The van der Waals surface area contributed by atoms with Crippen molar-refractivity contribution >= 4 is 45.4 Å². The van der Waals surface area contributed by atoms with E-state index in [1.54, 1.807) is 18.5 Å². The highest BCUT2D eigenvalue weighted by atomic mass is 16.4. The zero-order valence-corrected chi connectivity index (χ0v) is 16.9. The third kappa shape index (κ3) is 3.76. The van der Waals surface area contributed by atoms with Gasteiger partial charge in [-0.25, -0.2) is 9.78 Å². The molecule has 5 rings (SSSR count). The van der Waals surface area contributed by atoms with Crippen molar-refractivity contribution in [2.75, 3.05) is 17.6 Å². The number of nitrogen functional groups attached to an aromatic ring is 1. The average Bonchev–Trinajstić information content (AvgIpc) is 3.39. The van der Waals surface area contributed by atoms with Crippen LogP contribution < -0.4 is 16.4 Å². The zero-order valence-electron chi connectivity index (χ0n) is 16.9. The van der Waals surface area contributed by atoms with Crippen LogP contribution >= 0.6 is 0 Å². The second kappa shape index (κ2) is 7.91. The number of fused-ring (bicyclic) bond motifs is 2. The quantitative estimate of drug-likeness (QED) is 0.278. The third-order valence-corrected chi connectivity index (χ3v) is 5.21. The maximum absolute atomic E-state index is 10.7. The average molecular weight is 428 g/mol. The number of nitrogens with one attached hydrogen (secondary N) is 3. The van der Waals surface area contributed by atoms with Gasteiger partial charge in [-0.2, -0.15) is 10.1 Å². The zero-order chi connectivity index (χ0) is 22.1. The summed E-state index contributed by atoms with van der Waals surface area (Å²) < 4.78 is 2.03. The molecule has 5 aromatic rings. The Morgan fingerprint density at radius 3 is 2.91 bits per heavy atom. The molecule has 0 saturated carbocycles. The van der Waals surface area contributed by atoms with E-state index in [2.05, 4.69) is 36.9 Å². The number of carboxylic acid groups (broad SMARTS) is 1. The Hall–Kier alpha value is -4.60. The molecule has 10 heteroatoms. The number of aromatic amines is 1. The predicted octanol–water partition coefficient (Wildman–Crippen LogP) is 3.57. The highest BCUT2D eigenvalue weighted by Crippen LogP contribution is 2.33. The summed E-state index contributed by atoms with van der Waals surface area (Å²) in [6.07, 6.45) is 4.32. The van der Waals surface area contributed by atoms with Gasteiger partial charge in [-0.3, -0.25) is 5.10 Å². The van der Waals surface area contributed by atoms with Gasteiger partial charge in [-0.05, 0) is 42.0 Å². The summed E-state index contributed by atoms with van der Waals surface area (Å²) in [5.74, 6) is 0.807. The number of carbonyl (C=O) groups is 1. The Morgan fingerprint density at radius 2 is 2.06 bits per heavy atom. The lowest BCUT2D eigenvalue weighted by molar-refractivity contribution is 0.194. The van der Waals surface area contributed by atoms with Crippen LogP contribution in [0.15, 0.2) is 61.1 Å². The fourth-order valence-electron chi connectivity index (χ4n) is 3.79. The van der Waals surface area contributed by atoms with E-state index in [0.717, 1.165) is 38.6 Å². The first-order valence-corrected chi connectivity index (χ1v) is 9.95. The van der Waals surface area contributed by atoms with Crippen molar-refractivity contribution in [3.63, 3.8) is 0 Å². The maximum atomic E-state index is 10.7. The van der Waals surface area contributed by atoms with Crippen LogP contribution in [0.5, 0.6) is 0 Å². The molecule has 3 heterocycles. The molecule has 3 aromatic heterocycles. The molecule has 10 nitrogen and oxygen atoms in total. The van der Waals surface area contributed by atoms with Crippen molar-refractivity contribution in [2.24, 2.45) is 0 Å². The van der Waals surface area contributed by atoms with E-state index in [9.17, 15) is 4.79 Å². The van der Waals surface area contributed by atoms with Crippen molar-refractivity contribution in [1.82, 2.24) is 30.0 Å². The van der Waals surface area contributed by atoms with Gasteiger partial charge in [-0.15, -0.1) is 0 Å². The monoisotopic (exact) mass is 428 g/mol. The molecule has 0 saturated heterocycles. The number of rotatable bonds is 6. The molecule has 0 unspecified atom stereocenters. The minimum absolute atomic E-state index is 0.202. The lowest BCUT2D eigenvalue weighted by Crippen LogP contribution is -2.24. The van der Waals surface area contributed by atoms with E-state index in [0.29, 0.717) is 18.9 Å². The van der Waals surface area contributed by atoms with Crippen molar-refractivity contribution < 1.29 is 9.90 Å². The molecular formula is C22H20N8O2. The van der Waals surface area contributed by atoms with Crippen LogP contribution in [0.4, 0.5) is 22.2 Å². The molecule has 0 fully saturated rings. The standard InChI is InChI=1S/C22H20N8O2/c23-21-24-5-3-19(28-21)27-16-10-15-12-26-29-20(15)17(11-16)13-1-2-18-14(9-13)4-7-30(18)8-6-25-22(31)32/h1-5,7,9-12,25H,6,8H2,(H,26,29)(H,31,32)(H3,23,24,27,28). The molecule has 1 amide bonds. The number of nitrogens with zero attached hydrogens (tertiary/aromatic N) is 4. The van der Waals surface area contributed by atoms with Gasteiger partial charge in [0, 0.05) is 53.0 Å². The second-order valence-corrected chi connectivity index (χ2v) is 7.30. The fraction of sp³-hybridized carbons (Fsp3) is 0.0909. The summed E-state index contributed by atoms with van der Waals surface area (Å²) in [7, 11) is 0. The summed E-state index contributed by atoms with van der Waals surface area (Å²) in [5, 5.41) is 23.8. The number of H-pyrrole nitrogens is 1. The van der Waals surface area contributed by atoms with Crippen LogP contribution in [-0.2, 0) is 6.54 Å². The van der Waals surface area contributed by atoms with Gasteiger partial charge in [0.2, 0.25) is 5.95 Å². The number of aromatic nitrogens is 5. The number of hydrogen-bond donors (Lipinski definition) is 5. The fourth-order valence-corrected chi connectivity index (χ4v) is 3.79. The van der Waals surface area contributed by atoms with Gasteiger partial charge in [0.05, 0.1) is 11.7 Å². The normalized spacial score (nSPS) is 11.1. The Balaban J connectivity index is 1.50. The Labute approximate surface area is 182 Å². The van der Waals surface area contributed by atoms with Crippen LogP contribution in [0.3, 0.4) is 0 Å². The first-order chi connectivity index (χ1) is 15.6. The molecule has 0 atom stereocenters. The van der Waals surface area contributed by atoms with E-state index < -0.39 is 6.09 Å². The van der Waals surface area contributed by atoms with Crippen LogP contribution in [0.1, 0.15) is 0 Å². The van der Waals surface area contributed by atoms with E-state index in [1.165, 1.54) is 0 Å². The Kier molecular flexibility index (Phi) is 4.79. The number of hydrogen-bond acceptors (Lipinski definition) is 6. The van der Waals surface area contributed by atoms with Crippen LogP contribution in [0.25, 0.3) is 32.9 Å². The smallest absolute Gasteiger partial charge is 0.404 e. The molecule has 0 aliphatic carbocycles. The summed E-state index contributed by atoms with van der Waals surface area (Å²) in [6, 6.07) is 14.0. The molecular weight excluding hydrogens is 408 g/mol. The first-order valence-electron chi connectivity index (χ1n) is 9.95. The van der Waals surface area contributed by atoms with E-state index in [1.807, 2.05) is 41.1 Å². The number of benzene rings is 2. The highest BCUT2D eigenvalue weighted by molar-refractivity contribution is 5.98. The van der Waals surface area contributed by atoms with Gasteiger partial charge in [-0.1, -0.05) is 6.07 Å². The van der Waals surface area contributed by atoms with Gasteiger partial charge < -0.3 is 26.0 Å². The summed E-state index contributed by atoms with van der Waals surface area (Å²) >= 11 is 0. The minimum atomic E-state index is -1.02. The van der Waals surface area contributed by atoms with Crippen molar-refractivity contribution in [3.8, 4) is 11.1 Å². The lowest BCUT2D eigenvalue weighted by atomic mass is 10.0. The van der Waals surface area contributed by atoms with Crippen LogP contribution in [0.2, 0.25) is 0 Å². The van der Waals surface area contributed by atoms with E-state index in [4.69, 9.17) is 10.8 Å². The number of anilines is 3. The van der Waals surface area contributed by atoms with Gasteiger partial charge in [0.15, 0.2) is 0 Å². The van der Waals surface area contributed by atoms with Crippen LogP contribution in [-0.4, -0.2) is 42.5 Å². The van der Waals surface area contributed by atoms with Gasteiger partial charge >= 0.3 is 6.09 Å². The molecule has 0 aliphatic rings. The Bertz CT molecular complexity index is 1440. The van der Waals surface area contributed by atoms with Crippen LogP contribution in [0, 0.1) is 0 Å². The summed E-state index contributed by atoms with van der Waals surface area (Å²) in [5.41, 5.74) is 10.5. The maximum Gasteiger partial charge on any atom is 0.404 e. The molecule has 6 N–H and O–H groups in total. The molecule has 32 heavy (non-hydrogen) atoms. The molecule has 0 spiro atoms. The minimum Gasteiger partial charge on any atom is -0.465 e. The predicted molar refractivity (Wildman–Crippen MR) is 123 cm³/mol. The van der Waals surface area contributed by atoms with Gasteiger partial charge in [0.25, 0.3) is 0 Å². The number of nitrogens with two attached hydrogens (primary N) is 1. The third-order valence-electron chi connectivity index (χ3n) is 5.21. The first kappa shape index (κ1) is 19.4. The van der Waals surface area contributed by atoms with Gasteiger partial charge in [0.1, 0.15) is 5.82 Å². The molecule has 2 aromatic carbocycles. The van der Waals surface area contributed by atoms with Crippen molar-refractivity contribution in [2.45, 2.75) is 6.54 Å². The second-order valence-electron chi connectivity index (χ2n) is 7.30. The molecule has 0 bridgehead atoms. The van der Waals surface area contributed by atoms with E-state index >= 15 is 0 Å². The summed E-state index contributed by atoms with van der Waals surface area (Å²) in [4.78, 5) is 18.8. The van der Waals surface area contributed by atoms with Crippen molar-refractivity contribution in [1.29, 1.82) is 0 Å². The van der Waals surface area contributed by atoms with Crippen molar-refractivity contribution in [3.05, 3.63) is 61.1 Å². The number of amides is 1. The lowest BCUT2D eigenvalue weighted by Gasteiger charge is -2.11. The summed E-state index contributed by atoms with van der Waals surface area (Å²) in [6.45, 7) is 0.901. The SMILES string of the molecule is Nc1nccc(Nc2cc(-c3ccc4c(ccn4CCNC(=O)O)c3)c3[nH]ncc3c2)n1. The highest BCUT2D eigenvalue weighted by Gasteiger charge is 2.11. The molecule has 0 radical (unpaired) electrons. The molecule has 160 valence electrons. The topological polar surface area (TPSA) is 147 Å². The Morgan fingerprint density at radius 1 is 1.16 bits per heavy atom. The largest absolute Gasteiger partial charge is 0.465 e. The molecule has 0 aliphatic heterocycles. The van der Waals surface area contributed by atoms with E-state index in [-0.39, 0.29) is 5.95 Å².